The van der Waals surface area contributed by atoms with Gasteiger partial charge in [0.2, 0.25) is 5.91 Å². The molecule has 4 aromatic carbocycles. The molecule has 0 atom stereocenters. The van der Waals surface area contributed by atoms with Crippen molar-refractivity contribution in [3.63, 3.8) is 0 Å². The number of allylic oxidation sites excluding steroid dienone is 1. The highest BCUT2D eigenvalue weighted by atomic mass is 16.5. The van der Waals surface area contributed by atoms with Crippen LogP contribution in [0.5, 0.6) is 5.75 Å². The second-order valence-corrected chi connectivity index (χ2v) is 8.84. The van der Waals surface area contributed by atoms with E-state index in [1.54, 1.807) is 12.3 Å². The number of carbonyl (C=O) groups excluding carboxylic acids is 1. The summed E-state index contributed by atoms with van der Waals surface area (Å²) >= 11 is 0. The predicted octanol–water partition coefficient (Wildman–Crippen LogP) is 7.41. The van der Waals surface area contributed by atoms with E-state index in [0.717, 1.165) is 39.7 Å². The standard InChI is InChI=1S/C32H29NO3/c1-3-35-30-20-31-28(29(21-36-31)26-14-13-24-11-7-8-12-25(24)18-26)19-27(30)22(2)17-32(34)33-16-15-23-9-5-4-6-10-23/h4-14,17-21H,3,15-16H2,1-2H3,(H,33,34)/b22-17+. The van der Waals surface area contributed by atoms with Crippen molar-refractivity contribution < 1.29 is 13.9 Å². The van der Waals surface area contributed by atoms with E-state index in [1.165, 1.54) is 16.3 Å². The van der Waals surface area contributed by atoms with Gasteiger partial charge in [0.1, 0.15) is 11.3 Å². The number of ether oxygens (including phenoxy) is 1. The highest BCUT2D eigenvalue weighted by molar-refractivity contribution is 6.01. The molecule has 36 heavy (non-hydrogen) atoms. The second-order valence-electron chi connectivity index (χ2n) is 8.84. The maximum absolute atomic E-state index is 12.7. The minimum Gasteiger partial charge on any atom is -0.493 e. The molecule has 4 heteroatoms. The molecule has 0 spiro atoms. The molecule has 1 amide bonds. The normalized spacial score (nSPS) is 11.7. The Labute approximate surface area is 211 Å². The molecule has 0 aliphatic heterocycles. The second kappa shape index (κ2) is 10.5. The molecule has 5 aromatic rings. The van der Waals surface area contributed by atoms with Crippen LogP contribution in [-0.4, -0.2) is 19.1 Å². The Morgan fingerprint density at radius 2 is 1.72 bits per heavy atom. The summed E-state index contributed by atoms with van der Waals surface area (Å²) in [5, 5.41) is 6.36. The number of furan rings is 1. The van der Waals surface area contributed by atoms with Crippen molar-refractivity contribution >= 4 is 33.2 Å². The van der Waals surface area contributed by atoms with Crippen LogP contribution in [0.1, 0.15) is 25.0 Å². The number of rotatable bonds is 8. The van der Waals surface area contributed by atoms with E-state index < -0.39 is 0 Å². The molecule has 0 aliphatic carbocycles. The average Bonchev–Trinajstić information content (AvgIpc) is 3.31. The Hall–Kier alpha value is -4.31. The molecule has 0 bridgehead atoms. The van der Waals surface area contributed by atoms with Gasteiger partial charge in [-0.1, -0.05) is 66.7 Å². The quantitative estimate of drug-likeness (QED) is 0.238. The Balaban J connectivity index is 1.44. The Morgan fingerprint density at radius 3 is 2.53 bits per heavy atom. The number of amides is 1. The molecular formula is C32H29NO3. The summed E-state index contributed by atoms with van der Waals surface area (Å²) in [6.07, 6.45) is 4.23. The van der Waals surface area contributed by atoms with Gasteiger partial charge in [-0.15, -0.1) is 0 Å². The highest BCUT2D eigenvalue weighted by Crippen LogP contribution is 2.38. The topological polar surface area (TPSA) is 51.5 Å². The molecule has 0 radical (unpaired) electrons. The van der Waals surface area contributed by atoms with Crippen molar-refractivity contribution in [3.05, 3.63) is 108 Å². The van der Waals surface area contributed by atoms with Crippen molar-refractivity contribution in [2.24, 2.45) is 0 Å². The van der Waals surface area contributed by atoms with Gasteiger partial charge in [-0.3, -0.25) is 4.79 Å². The van der Waals surface area contributed by atoms with Crippen LogP contribution in [0, 0.1) is 0 Å². The van der Waals surface area contributed by atoms with E-state index in [4.69, 9.17) is 9.15 Å². The first-order valence-electron chi connectivity index (χ1n) is 12.3. The van der Waals surface area contributed by atoms with Crippen LogP contribution in [0.3, 0.4) is 0 Å². The van der Waals surface area contributed by atoms with Crippen molar-refractivity contribution in [3.8, 4) is 16.9 Å². The van der Waals surface area contributed by atoms with Crippen LogP contribution in [0.4, 0.5) is 0 Å². The van der Waals surface area contributed by atoms with Gasteiger partial charge in [-0.25, -0.2) is 0 Å². The summed E-state index contributed by atoms with van der Waals surface area (Å²) in [5.41, 5.74) is 5.77. The Bertz CT molecular complexity index is 1550. The van der Waals surface area contributed by atoms with Gasteiger partial charge in [0, 0.05) is 35.2 Å². The molecule has 0 aliphatic rings. The fourth-order valence-electron chi connectivity index (χ4n) is 4.52. The van der Waals surface area contributed by atoms with Crippen LogP contribution in [0.15, 0.2) is 102 Å². The third-order valence-corrected chi connectivity index (χ3v) is 6.36. The minimum atomic E-state index is -0.118. The third-order valence-electron chi connectivity index (χ3n) is 6.36. The Morgan fingerprint density at radius 1 is 0.944 bits per heavy atom. The number of nitrogens with one attached hydrogen (secondary N) is 1. The van der Waals surface area contributed by atoms with Crippen molar-refractivity contribution in [2.45, 2.75) is 20.3 Å². The van der Waals surface area contributed by atoms with E-state index in [1.807, 2.05) is 50.2 Å². The van der Waals surface area contributed by atoms with Gasteiger partial charge in [-0.2, -0.15) is 0 Å². The lowest BCUT2D eigenvalue weighted by molar-refractivity contribution is -0.116. The van der Waals surface area contributed by atoms with E-state index in [-0.39, 0.29) is 5.91 Å². The van der Waals surface area contributed by atoms with Crippen LogP contribution in [0.2, 0.25) is 0 Å². The number of benzene rings is 4. The largest absolute Gasteiger partial charge is 0.493 e. The van der Waals surface area contributed by atoms with Crippen molar-refractivity contribution in [1.82, 2.24) is 5.32 Å². The van der Waals surface area contributed by atoms with Crippen LogP contribution in [-0.2, 0) is 11.2 Å². The van der Waals surface area contributed by atoms with Crippen LogP contribution < -0.4 is 10.1 Å². The minimum absolute atomic E-state index is 0.118. The Kier molecular flexibility index (Phi) is 6.85. The average molecular weight is 476 g/mol. The summed E-state index contributed by atoms with van der Waals surface area (Å²) in [4.78, 5) is 12.7. The first kappa shape index (κ1) is 23.4. The van der Waals surface area contributed by atoms with E-state index in [0.29, 0.717) is 18.9 Å². The van der Waals surface area contributed by atoms with E-state index in [9.17, 15) is 4.79 Å². The summed E-state index contributed by atoms with van der Waals surface area (Å²) in [7, 11) is 0. The smallest absolute Gasteiger partial charge is 0.244 e. The lowest BCUT2D eigenvalue weighted by Crippen LogP contribution is -2.23. The fraction of sp³-hybridized carbons (Fsp3) is 0.156. The van der Waals surface area contributed by atoms with Crippen LogP contribution in [0.25, 0.3) is 38.4 Å². The molecule has 5 rings (SSSR count). The molecule has 4 nitrogen and oxygen atoms in total. The number of hydrogen-bond donors (Lipinski definition) is 1. The SMILES string of the molecule is CCOc1cc2occ(-c3ccc4ccccc4c3)c2cc1/C(C)=C/C(=O)NCCc1ccccc1. The highest BCUT2D eigenvalue weighted by Gasteiger charge is 2.15. The van der Waals surface area contributed by atoms with Gasteiger partial charge in [0.05, 0.1) is 12.9 Å². The molecule has 0 fully saturated rings. The molecule has 0 saturated heterocycles. The van der Waals surface area contributed by atoms with Crippen molar-refractivity contribution in [1.29, 1.82) is 0 Å². The molecule has 0 saturated carbocycles. The summed E-state index contributed by atoms with van der Waals surface area (Å²) < 4.78 is 11.9. The molecule has 1 heterocycles. The van der Waals surface area contributed by atoms with Gasteiger partial charge >= 0.3 is 0 Å². The number of carbonyl (C=O) groups is 1. The summed E-state index contributed by atoms with van der Waals surface area (Å²) in [6, 6.07) is 28.9. The lowest BCUT2D eigenvalue weighted by Gasteiger charge is -2.12. The van der Waals surface area contributed by atoms with Crippen molar-refractivity contribution in [2.75, 3.05) is 13.2 Å². The first-order chi connectivity index (χ1) is 17.6. The molecular weight excluding hydrogens is 446 g/mol. The monoisotopic (exact) mass is 475 g/mol. The zero-order chi connectivity index (χ0) is 24.9. The van der Waals surface area contributed by atoms with Crippen LogP contribution >= 0.6 is 0 Å². The van der Waals surface area contributed by atoms with Gasteiger partial charge < -0.3 is 14.5 Å². The maximum atomic E-state index is 12.7. The maximum Gasteiger partial charge on any atom is 0.244 e. The number of hydrogen-bond acceptors (Lipinski definition) is 3. The first-order valence-corrected chi connectivity index (χ1v) is 12.3. The lowest BCUT2D eigenvalue weighted by atomic mass is 9.97. The fourth-order valence-corrected chi connectivity index (χ4v) is 4.52. The molecule has 1 aromatic heterocycles. The van der Waals surface area contributed by atoms with E-state index >= 15 is 0 Å². The molecule has 180 valence electrons. The summed E-state index contributed by atoms with van der Waals surface area (Å²) in [5.74, 6) is 0.586. The van der Waals surface area contributed by atoms with Gasteiger partial charge in [0.15, 0.2) is 0 Å². The zero-order valence-corrected chi connectivity index (χ0v) is 20.6. The van der Waals surface area contributed by atoms with Gasteiger partial charge in [-0.05, 0) is 59.9 Å². The summed E-state index contributed by atoms with van der Waals surface area (Å²) in [6.45, 7) is 4.99. The third kappa shape index (κ3) is 5.03. The number of fused-ring (bicyclic) bond motifs is 2. The molecule has 0 unspecified atom stereocenters. The predicted molar refractivity (Wildman–Crippen MR) is 147 cm³/mol. The molecule has 1 N–H and O–H groups in total. The zero-order valence-electron chi connectivity index (χ0n) is 20.6. The van der Waals surface area contributed by atoms with Gasteiger partial charge in [0.25, 0.3) is 0 Å². The van der Waals surface area contributed by atoms with E-state index in [2.05, 4.69) is 53.8 Å².